The van der Waals surface area contributed by atoms with Crippen molar-refractivity contribution >= 4 is 16.7 Å². The molecule has 0 saturated carbocycles. The van der Waals surface area contributed by atoms with Crippen LogP contribution in [0.15, 0.2) is 24.5 Å². The predicted octanol–water partition coefficient (Wildman–Crippen LogP) is 2.30. The molecule has 3 aromatic rings. The van der Waals surface area contributed by atoms with Crippen LogP contribution in [0.3, 0.4) is 0 Å². The standard InChI is InChI=1S/C21H27N7O/c1-14(2)13-28-6-4-15(5-7-28)20(29)10-18-9-16-8-17(11-23-19(16)12-22-18)21-24-25-26-27(21)3/h8-9,11-12,14-15H,4-7,10,13H2,1-3H3. The van der Waals surface area contributed by atoms with Gasteiger partial charge >= 0.3 is 0 Å². The van der Waals surface area contributed by atoms with E-state index in [9.17, 15) is 4.79 Å². The minimum absolute atomic E-state index is 0.144. The number of tetrazole rings is 1. The van der Waals surface area contributed by atoms with Crippen LogP contribution in [-0.2, 0) is 18.3 Å². The normalized spacial score (nSPS) is 16.0. The summed E-state index contributed by atoms with van der Waals surface area (Å²) in [4.78, 5) is 24.2. The molecular weight excluding hydrogens is 366 g/mol. The Morgan fingerprint density at radius 1 is 1.17 bits per heavy atom. The monoisotopic (exact) mass is 393 g/mol. The lowest BCUT2D eigenvalue weighted by molar-refractivity contribution is -0.123. The summed E-state index contributed by atoms with van der Waals surface area (Å²) in [6.07, 6.45) is 5.75. The van der Waals surface area contributed by atoms with Gasteiger partial charge in [-0.2, -0.15) is 0 Å². The maximum absolute atomic E-state index is 12.8. The predicted molar refractivity (Wildman–Crippen MR) is 110 cm³/mol. The number of piperidine rings is 1. The molecule has 0 atom stereocenters. The smallest absolute Gasteiger partial charge is 0.183 e. The Kier molecular flexibility index (Phi) is 5.62. The van der Waals surface area contributed by atoms with E-state index in [4.69, 9.17) is 0 Å². The molecule has 1 fully saturated rings. The molecule has 0 unspecified atom stereocenters. The van der Waals surface area contributed by atoms with Gasteiger partial charge in [-0.3, -0.25) is 14.8 Å². The third-order valence-corrected chi connectivity index (χ3v) is 5.52. The summed E-state index contributed by atoms with van der Waals surface area (Å²) in [5.74, 6) is 1.76. The Labute approximate surface area is 170 Å². The Morgan fingerprint density at radius 2 is 1.97 bits per heavy atom. The third kappa shape index (κ3) is 4.48. The quantitative estimate of drug-likeness (QED) is 0.635. The number of Topliss-reactive ketones (excluding diaryl/α,β-unsaturated/α-hetero) is 1. The van der Waals surface area contributed by atoms with E-state index in [0.717, 1.165) is 54.6 Å². The zero-order valence-corrected chi connectivity index (χ0v) is 17.2. The molecule has 8 heteroatoms. The van der Waals surface area contributed by atoms with E-state index >= 15 is 0 Å². The first-order valence-corrected chi connectivity index (χ1v) is 10.2. The molecule has 1 saturated heterocycles. The van der Waals surface area contributed by atoms with E-state index < -0.39 is 0 Å². The zero-order chi connectivity index (χ0) is 20.4. The van der Waals surface area contributed by atoms with Gasteiger partial charge in [0.2, 0.25) is 0 Å². The Bertz CT molecular complexity index is 1010. The molecule has 29 heavy (non-hydrogen) atoms. The second-order valence-corrected chi connectivity index (χ2v) is 8.33. The summed E-state index contributed by atoms with van der Waals surface area (Å²) in [7, 11) is 1.79. The lowest BCUT2D eigenvalue weighted by Gasteiger charge is -2.32. The van der Waals surface area contributed by atoms with Gasteiger partial charge in [-0.1, -0.05) is 13.8 Å². The van der Waals surface area contributed by atoms with Gasteiger partial charge in [0.05, 0.1) is 11.7 Å². The van der Waals surface area contributed by atoms with Crippen LogP contribution in [0.4, 0.5) is 0 Å². The van der Waals surface area contributed by atoms with Crippen LogP contribution in [0.1, 0.15) is 32.4 Å². The summed E-state index contributed by atoms with van der Waals surface area (Å²) in [5.41, 5.74) is 2.43. The van der Waals surface area contributed by atoms with Crippen molar-refractivity contribution in [2.24, 2.45) is 18.9 Å². The fourth-order valence-corrected chi connectivity index (χ4v) is 4.05. The van der Waals surface area contributed by atoms with Crippen molar-refractivity contribution in [3.63, 3.8) is 0 Å². The summed E-state index contributed by atoms with van der Waals surface area (Å²) < 4.78 is 1.61. The summed E-state index contributed by atoms with van der Waals surface area (Å²) in [6, 6.07) is 3.95. The molecule has 8 nitrogen and oxygen atoms in total. The first-order chi connectivity index (χ1) is 14.0. The van der Waals surface area contributed by atoms with Crippen molar-refractivity contribution in [2.75, 3.05) is 19.6 Å². The van der Waals surface area contributed by atoms with Gasteiger partial charge in [-0.15, -0.1) is 5.10 Å². The van der Waals surface area contributed by atoms with Crippen LogP contribution in [0.2, 0.25) is 0 Å². The number of hydrogen-bond donors (Lipinski definition) is 0. The Balaban J connectivity index is 1.45. The lowest BCUT2D eigenvalue weighted by Crippen LogP contribution is -2.38. The molecule has 0 bridgehead atoms. The maximum Gasteiger partial charge on any atom is 0.183 e. The first kappa shape index (κ1) is 19.6. The van der Waals surface area contributed by atoms with E-state index in [-0.39, 0.29) is 5.92 Å². The molecule has 0 radical (unpaired) electrons. The highest BCUT2D eigenvalue weighted by molar-refractivity contribution is 5.86. The van der Waals surface area contributed by atoms with Crippen LogP contribution in [-0.4, -0.2) is 60.5 Å². The van der Waals surface area contributed by atoms with Crippen LogP contribution in [0.5, 0.6) is 0 Å². The van der Waals surface area contributed by atoms with E-state index in [1.165, 1.54) is 0 Å². The van der Waals surface area contributed by atoms with Crippen LogP contribution in [0, 0.1) is 11.8 Å². The number of carbonyl (C=O) groups excluding carboxylic acids is 1. The van der Waals surface area contributed by atoms with E-state index in [2.05, 4.69) is 44.2 Å². The Morgan fingerprint density at radius 3 is 2.66 bits per heavy atom. The number of carbonyl (C=O) groups is 1. The number of likely N-dealkylation sites (tertiary alicyclic amines) is 1. The summed E-state index contributed by atoms with van der Waals surface area (Å²) >= 11 is 0. The molecule has 0 aromatic carbocycles. The number of nitrogens with zero attached hydrogens (tertiary/aromatic N) is 7. The van der Waals surface area contributed by atoms with Crippen molar-refractivity contribution in [3.05, 3.63) is 30.2 Å². The van der Waals surface area contributed by atoms with Crippen LogP contribution >= 0.6 is 0 Å². The average Bonchev–Trinajstić information content (AvgIpc) is 3.13. The maximum atomic E-state index is 12.8. The van der Waals surface area contributed by atoms with E-state index in [1.54, 1.807) is 24.1 Å². The summed E-state index contributed by atoms with van der Waals surface area (Å²) in [6.45, 7) is 7.62. The minimum atomic E-state index is 0.144. The van der Waals surface area contributed by atoms with Crippen LogP contribution in [0.25, 0.3) is 22.3 Å². The van der Waals surface area contributed by atoms with E-state index in [1.807, 2.05) is 12.1 Å². The molecule has 4 rings (SSSR count). The third-order valence-electron chi connectivity index (χ3n) is 5.52. The average molecular weight is 393 g/mol. The molecule has 4 heterocycles. The zero-order valence-electron chi connectivity index (χ0n) is 17.2. The fraction of sp³-hybridized carbons (Fsp3) is 0.524. The van der Waals surface area contributed by atoms with Gasteiger partial charge in [-0.25, -0.2) is 4.68 Å². The number of ketones is 1. The van der Waals surface area contributed by atoms with Crippen molar-refractivity contribution < 1.29 is 4.79 Å². The number of aryl methyl sites for hydroxylation is 1. The number of pyridine rings is 2. The number of rotatable bonds is 6. The molecule has 3 aromatic heterocycles. The highest BCUT2D eigenvalue weighted by Crippen LogP contribution is 2.23. The lowest BCUT2D eigenvalue weighted by atomic mass is 9.90. The van der Waals surface area contributed by atoms with Gasteiger partial charge in [0, 0.05) is 48.8 Å². The molecule has 0 spiro atoms. The van der Waals surface area contributed by atoms with Crippen molar-refractivity contribution in [2.45, 2.75) is 33.1 Å². The number of hydrogen-bond acceptors (Lipinski definition) is 7. The molecule has 0 aliphatic carbocycles. The number of aromatic nitrogens is 6. The molecule has 0 amide bonds. The van der Waals surface area contributed by atoms with E-state index in [0.29, 0.717) is 23.9 Å². The van der Waals surface area contributed by atoms with Gasteiger partial charge in [0.15, 0.2) is 5.82 Å². The largest absolute Gasteiger partial charge is 0.303 e. The van der Waals surface area contributed by atoms with Crippen molar-refractivity contribution in [1.82, 2.24) is 35.1 Å². The van der Waals surface area contributed by atoms with Crippen LogP contribution < -0.4 is 0 Å². The summed E-state index contributed by atoms with van der Waals surface area (Å²) in [5, 5.41) is 12.5. The highest BCUT2D eigenvalue weighted by atomic mass is 16.1. The van der Waals surface area contributed by atoms with Gasteiger partial charge in [0.1, 0.15) is 5.78 Å². The van der Waals surface area contributed by atoms with Gasteiger partial charge in [-0.05, 0) is 54.4 Å². The Hall–Kier alpha value is -2.74. The fourth-order valence-electron chi connectivity index (χ4n) is 4.05. The molecular formula is C21H27N7O. The number of fused-ring (bicyclic) bond motifs is 1. The minimum Gasteiger partial charge on any atom is -0.303 e. The molecule has 1 aliphatic rings. The molecule has 152 valence electrons. The first-order valence-electron chi connectivity index (χ1n) is 10.2. The van der Waals surface area contributed by atoms with Gasteiger partial charge < -0.3 is 4.90 Å². The second kappa shape index (κ2) is 8.32. The van der Waals surface area contributed by atoms with Gasteiger partial charge in [0.25, 0.3) is 0 Å². The molecule has 0 N–H and O–H groups in total. The second-order valence-electron chi connectivity index (χ2n) is 8.33. The molecule has 1 aliphatic heterocycles. The van der Waals surface area contributed by atoms with Crippen molar-refractivity contribution in [1.29, 1.82) is 0 Å². The SMILES string of the molecule is CC(C)CN1CCC(C(=O)Cc2cc3cc(-c4nnnn4C)cnc3cn2)CC1. The van der Waals surface area contributed by atoms with Crippen molar-refractivity contribution in [3.8, 4) is 11.4 Å². The topological polar surface area (TPSA) is 89.7 Å². The highest BCUT2D eigenvalue weighted by Gasteiger charge is 2.25.